The highest BCUT2D eigenvalue weighted by Gasteiger charge is 2.22. The highest BCUT2D eigenvalue weighted by atomic mass is 32.1. The summed E-state index contributed by atoms with van der Waals surface area (Å²) < 4.78 is 0. The van der Waals surface area contributed by atoms with Crippen LogP contribution in [0.25, 0.3) is 10.2 Å². The van der Waals surface area contributed by atoms with Gasteiger partial charge in [-0.3, -0.25) is 9.59 Å². The van der Waals surface area contributed by atoms with Gasteiger partial charge in [0, 0.05) is 45.2 Å². The van der Waals surface area contributed by atoms with Crippen molar-refractivity contribution in [3.63, 3.8) is 0 Å². The van der Waals surface area contributed by atoms with E-state index in [-0.39, 0.29) is 11.5 Å². The maximum Gasteiger partial charge on any atom is 0.259 e. The van der Waals surface area contributed by atoms with Crippen LogP contribution in [0.2, 0.25) is 0 Å². The number of hydrogen-bond acceptors (Lipinski definition) is 7. The van der Waals surface area contributed by atoms with Gasteiger partial charge in [0.2, 0.25) is 5.91 Å². The van der Waals surface area contributed by atoms with Crippen molar-refractivity contribution in [2.45, 2.75) is 12.8 Å². The minimum Gasteiger partial charge on any atom is -0.353 e. The molecule has 0 aliphatic carbocycles. The molecule has 0 radical (unpaired) electrons. The van der Waals surface area contributed by atoms with E-state index in [0.717, 1.165) is 5.82 Å². The molecule has 0 aromatic carbocycles. The lowest BCUT2D eigenvalue weighted by atomic mass is 10.2. The maximum atomic E-state index is 12.5. The van der Waals surface area contributed by atoms with E-state index in [0.29, 0.717) is 60.6 Å². The van der Waals surface area contributed by atoms with E-state index >= 15 is 0 Å². The topological polar surface area (TPSA) is 106 Å². The fourth-order valence-corrected chi connectivity index (χ4v) is 4.02. The number of nitrogens with zero attached hydrogens (tertiary/aromatic N) is 5. The van der Waals surface area contributed by atoms with Crippen LogP contribution in [-0.4, -0.2) is 51.9 Å². The van der Waals surface area contributed by atoms with Gasteiger partial charge in [0.15, 0.2) is 0 Å². The van der Waals surface area contributed by atoms with Gasteiger partial charge >= 0.3 is 0 Å². The van der Waals surface area contributed by atoms with E-state index in [1.807, 2.05) is 16.3 Å². The van der Waals surface area contributed by atoms with Crippen molar-refractivity contribution in [2.75, 3.05) is 31.1 Å². The second-order valence-corrected chi connectivity index (χ2v) is 7.43. The summed E-state index contributed by atoms with van der Waals surface area (Å²) >= 11 is 1.42. The number of thiophene rings is 1. The highest BCUT2D eigenvalue weighted by molar-refractivity contribution is 7.16. The number of amides is 1. The van der Waals surface area contributed by atoms with Crippen LogP contribution in [0, 0.1) is 11.3 Å². The second-order valence-electron chi connectivity index (χ2n) is 6.54. The van der Waals surface area contributed by atoms with Gasteiger partial charge in [-0.2, -0.15) is 5.26 Å². The van der Waals surface area contributed by atoms with Crippen molar-refractivity contribution in [3.8, 4) is 6.07 Å². The van der Waals surface area contributed by atoms with Crippen molar-refractivity contribution >= 4 is 33.3 Å². The van der Waals surface area contributed by atoms with Crippen molar-refractivity contribution in [1.29, 1.82) is 5.26 Å². The number of carbonyl (C=O) groups is 1. The minimum absolute atomic E-state index is 0.0568. The fraction of sp³-hybridized carbons (Fsp3) is 0.316. The number of pyridine rings is 1. The Kier molecular flexibility index (Phi) is 5.04. The van der Waals surface area contributed by atoms with E-state index in [2.05, 4.69) is 25.9 Å². The number of nitriles is 1. The van der Waals surface area contributed by atoms with Gasteiger partial charge in [0.05, 0.1) is 10.9 Å². The van der Waals surface area contributed by atoms with Gasteiger partial charge in [-0.1, -0.05) is 0 Å². The monoisotopic (exact) mass is 394 g/mol. The molecule has 9 heteroatoms. The summed E-state index contributed by atoms with van der Waals surface area (Å²) in [7, 11) is 0. The molecule has 1 aliphatic rings. The first-order valence-corrected chi connectivity index (χ1v) is 9.87. The molecule has 4 rings (SSSR count). The number of aromatic nitrogens is 3. The molecule has 142 valence electrons. The standard InChI is InChI=1S/C19H18N6O2S/c20-11-13-1-3-16(21-12-13)24-6-8-25(9-7-24)17(26)4-2-15-22-18(27)14-5-10-28-19(14)23-15/h1,3,5,10,12H,2,4,6-9H2,(H,22,23,27). The Labute approximate surface area is 165 Å². The molecule has 1 N–H and O–H groups in total. The third-order valence-corrected chi connectivity index (χ3v) is 5.60. The Morgan fingerprint density at radius 3 is 2.79 bits per heavy atom. The number of carbonyl (C=O) groups excluding carboxylic acids is 1. The van der Waals surface area contributed by atoms with Crippen LogP contribution in [0.5, 0.6) is 0 Å². The van der Waals surface area contributed by atoms with E-state index in [1.54, 1.807) is 18.3 Å². The first kappa shape index (κ1) is 18.1. The number of H-pyrrole nitrogens is 1. The number of hydrogen-bond donors (Lipinski definition) is 1. The summed E-state index contributed by atoms with van der Waals surface area (Å²) in [5.74, 6) is 1.42. The SMILES string of the molecule is N#Cc1ccc(N2CCN(C(=O)CCc3nc4sccc4c(=O)[nH]3)CC2)nc1. The number of aromatic amines is 1. The molecule has 8 nitrogen and oxygen atoms in total. The molecule has 1 aliphatic heterocycles. The first-order chi connectivity index (χ1) is 13.6. The molecule has 1 saturated heterocycles. The van der Waals surface area contributed by atoms with Gasteiger partial charge in [-0.15, -0.1) is 11.3 Å². The fourth-order valence-electron chi connectivity index (χ4n) is 3.24. The number of aryl methyl sites for hydroxylation is 1. The minimum atomic E-state index is -0.155. The van der Waals surface area contributed by atoms with Crippen LogP contribution in [0.4, 0.5) is 5.82 Å². The number of nitrogens with one attached hydrogen (secondary N) is 1. The zero-order valence-corrected chi connectivity index (χ0v) is 15.9. The predicted octanol–water partition coefficient (Wildman–Crippen LogP) is 1.53. The van der Waals surface area contributed by atoms with Gasteiger partial charge in [0.25, 0.3) is 5.56 Å². The Hall–Kier alpha value is -3.25. The summed E-state index contributed by atoms with van der Waals surface area (Å²) in [6.07, 6.45) is 2.29. The second kappa shape index (κ2) is 7.78. The number of anilines is 1. The van der Waals surface area contributed by atoms with E-state index in [4.69, 9.17) is 5.26 Å². The Morgan fingerprint density at radius 1 is 1.25 bits per heavy atom. The predicted molar refractivity (Wildman–Crippen MR) is 106 cm³/mol. The lowest BCUT2D eigenvalue weighted by Crippen LogP contribution is -2.49. The molecule has 3 aromatic heterocycles. The molecule has 1 fully saturated rings. The summed E-state index contributed by atoms with van der Waals surface area (Å²) in [4.78, 5) is 40.7. The molecule has 0 unspecified atom stereocenters. The normalized spacial score (nSPS) is 14.2. The molecule has 0 bridgehead atoms. The molecule has 0 saturated carbocycles. The Bertz CT molecular complexity index is 1090. The smallest absolute Gasteiger partial charge is 0.259 e. The summed E-state index contributed by atoms with van der Waals surface area (Å²) in [5.41, 5.74) is 0.377. The molecule has 3 aromatic rings. The lowest BCUT2D eigenvalue weighted by Gasteiger charge is -2.35. The zero-order chi connectivity index (χ0) is 19.5. The van der Waals surface area contributed by atoms with Crippen LogP contribution in [0.15, 0.2) is 34.6 Å². The van der Waals surface area contributed by atoms with Gasteiger partial charge in [-0.25, -0.2) is 9.97 Å². The molecule has 0 atom stereocenters. The van der Waals surface area contributed by atoms with E-state index < -0.39 is 0 Å². The average Bonchev–Trinajstić information content (AvgIpc) is 3.21. The largest absolute Gasteiger partial charge is 0.353 e. The Morgan fingerprint density at radius 2 is 2.07 bits per heavy atom. The maximum absolute atomic E-state index is 12.5. The van der Waals surface area contributed by atoms with Crippen LogP contribution < -0.4 is 10.5 Å². The molecule has 1 amide bonds. The third kappa shape index (κ3) is 3.73. The van der Waals surface area contributed by atoms with Crippen molar-refractivity contribution < 1.29 is 4.79 Å². The molecular weight excluding hydrogens is 376 g/mol. The van der Waals surface area contributed by atoms with E-state index in [1.165, 1.54) is 11.3 Å². The number of fused-ring (bicyclic) bond motifs is 1. The van der Waals surface area contributed by atoms with Gasteiger partial charge in [-0.05, 0) is 23.6 Å². The van der Waals surface area contributed by atoms with Crippen molar-refractivity contribution in [2.24, 2.45) is 0 Å². The average molecular weight is 394 g/mol. The van der Waals surface area contributed by atoms with E-state index in [9.17, 15) is 9.59 Å². The molecular formula is C19H18N6O2S. The summed E-state index contributed by atoms with van der Waals surface area (Å²) in [6, 6.07) is 7.39. The molecule has 0 spiro atoms. The van der Waals surface area contributed by atoms with Crippen molar-refractivity contribution in [3.05, 3.63) is 51.5 Å². The highest BCUT2D eigenvalue weighted by Crippen LogP contribution is 2.16. The lowest BCUT2D eigenvalue weighted by molar-refractivity contribution is -0.131. The quantitative estimate of drug-likeness (QED) is 0.719. The van der Waals surface area contributed by atoms with Gasteiger partial charge < -0.3 is 14.8 Å². The number of piperazine rings is 1. The summed E-state index contributed by atoms with van der Waals surface area (Å²) in [5, 5.41) is 11.3. The first-order valence-electron chi connectivity index (χ1n) is 8.99. The van der Waals surface area contributed by atoms with Crippen LogP contribution in [0.1, 0.15) is 17.8 Å². The molecule has 4 heterocycles. The molecule has 28 heavy (non-hydrogen) atoms. The zero-order valence-electron chi connectivity index (χ0n) is 15.1. The van der Waals surface area contributed by atoms with Gasteiger partial charge in [0.1, 0.15) is 22.5 Å². The van der Waals surface area contributed by atoms with Crippen LogP contribution in [0.3, 0.4) is 0 Å². The van der Waals surface area contributed by atoms with Crippen LogP contribution in [-0.2, 0) is 11.2 Å². The Balaban J connectivity index is 1.32. The van der Waals surface area contributed by atoms with Crippen molar-refractivity contribution in [1.82, 2.24) is 19.9 Å². The van der Waals surface area contributed by atoms with Crippen LogP contribution >= 0.6 is 11.3 Å². The third-order valence-electron chi connectivity index (χ3n) is 4.79. The number of rotatable bonds is 4. The summed E-state index contributed by atoms with van der Waals surface area (Å²) in [6.45, 7) is 2.63.